The Morgan fingerprint density at radius 2 is 2.04 bits per heavy atom. The smallest absolute Gasteiger partial charge is 0.270 e. The normalized spacial score (nSPS) is 10.2. The number of rotatable bonds is 8. The molecule has 7 heteroatoms. The number of nitrogens with one attached hydrogen (secondary N) is 2. The van der Waals surface area contributed by atoms with Crippen LogP contribution in [0.2, 0.25) is 0 Å². The highest BCUT2D eigenvalue weighted by atomic mass is 16.5. The number of methoxy groups -OCH3 is 1. The summed E-state index contributed by atoms with van der Waals surface area (Å²) in [5.74, 6) is 0.194. The van der Waals surface area contributed by atoms with Crippen LogP contribution < -0.4 is 10.6 Å². The van der Waals surface area contributed by atoms with E-state index < -0.39 is 0 Å². The maximum Gasteiger partial charge on any atom is 0.270 e. The zero-order chi connectivity index (χ0) is 17.4. The summed E-state index contributed by atoms with van der Waals surface area (Å²) >= 11 is 0. The second-order valence-electron chi connectivity index (χ2n) is 5.15. The predicted molar refractivity (Wildman–Crippen MR) is 90.6 cm³/mol. The molecule has 0 aliphatic rings. The number of ether oxygens (including phenoxy) is 1. The number of benzene rings is 1. The zero-order valence-corrected chi connectivity index (χ0v) is 13.7. The van der Waals surface area contributed by atoms with Crippen LogP contribution in [0.25, 0.3) is 0 Å². The van der Waals surface area contributed by atoms with Crippen molar-refractivity contribution in [2.24, 2.45) is 0 Å². The summed E-state index contributed by atoms with van der Waals surface area (Å²) in [5, 5.41) is 5.83. The lowest BCUT2D eigenvalue weighted by Crippen LogP contribution is -2.26. The van der Waals surface area contributed by atoms with Gasteiger partial charge in [0.2, 0.25) is 0 Å². The Bertz CT molecular complexity index is 718. The summed E-state index contributed by atoms with van der Waals surface area (Å²) < 4.78 is 4.93. The minimum absolute atomic E-state index is 0.0162. The molecular weight excluding hydrogens is 308 g/mol. The zero-order valence-electron chi connectivity index (χ0n) is 13.7. The lowest BCUT2D eigenvalue weighted by molar-refractivity contribution is 0.0942. The minimum atomic E-state index is -0.269. The third kappa shape index (κ3) is 5.13. The number of anilines is 2. The Morgan fingerprint density at radius 3 is 2.79 bits per heavy atom. The van der Waals surface area contributed by atoms with E-state index in [4.69, 9.17) is 4.74 Å². The van der Waals surface area contributed by atoms with E-state index in [0.717, 1.165) is 6.42 Å². The summed E-state index contributed by atoms with van der Waals surface area (Å²) in [7, 11) is 1.62. The molecule has 126 valence electrons. The molecule has 0 bridgehead atoms. The van der Waals surface area contributed by atoms with Gasteiger partial charge in [-0.3, -0.25) is 9.59 Å². The minimum Gasteiger partial charge on any atom is -0.385 e. The highest BCUT2D eigenvalue weighted by Crippen LogP contribution is 2.16. The lowest BCUT2D eigenvalue weighted by atomic mass is 10.1. The number of carbonyl (C=O) groups excluding carboxylic acids is 2. The fourth-order valence-corrected chi connectivity index (χ4v) is 2.02. The molecule has 0 atom stereocenters. The second kappa shape index (κ2) is 8.73. The van der Waals surface area contributed by atoms with Gasteiger partial charge in [0.1, 0.15) is 17.8 Å². The number of amides is 1. The maximum atomic E-state index is 12.0. The number of aromatic nitrogens is 2. The number of hydrogen-bond donors (Lipinski definition) is 2. The van der Waals surface area contributed by atoms with Crippen LogP contribution in [0.4, 0.5) is 11.5 Å². The topological polar surface area (TPSA) is 93.2 Å². The van der Waals surface area contributed by atoms with Crippen molar-refractivity contribution < 1.29 is 14.3 Å². The van der Waals surface area contributed by atoms with Crippen LogP contribution in [-0.4, -0.2) is 41.9 Å². The lowest BCUT2D eigenvalue weighted by Gasteiger charge is -2.08. The average molecular weight is 328 g/mol. The first kappa shape index (κ1) is 17.6. The summed E-state index contributed by atoms with van der Waals surface area (Å²) in [4.78, 5) is 31.5. The van der Waals surface area contributed by atoms with Gasteiger partial charge in [0.15, 0.2) is 5.78 Å². The number of ketones is 1. The summed E-state index contributed by atoms with van der Waals surface area (Å²) in [6.45, 7) is 2.61. The van der Waals surface area contributed by atoms with Crippen LogP contribution in [-0.2, 0) is 4.74 Å². The number of Topliss-reactive ketones (excluding diaryl/α,β-unsaturated/α-hetero) is 1. The van der Waals surface area contributed by atoms with Crippen molar-refractivity contribution in [2.75, 3.05) is 25.6 Å². The first-order valence-electron chi connectivity index (χ1n) is 7.57. The summed E-state index contributed by atoms with van der Waals surface area (Å²) in [5.41, 5.74) is 1.59. The van der Waals surface area contributed by atoms with Gasteiger partial charge in [-0.15, -0.1) is 0 Å². The number of carbonyl (C=O) groups is 2. The Labute approximate surface area is 140 Å². The van der Waals surface area contributed by atoms with Crippen LogP contribution in [0.15, 0.2) is 36.7 Å². The molecule has 0 saturated heterocycles. The van der Waals surface area contributed by atoms with Crippen molar-refractivity contribution in [2.45, 2.75) is 13.3 Å². The van der Waals surface area contributed by atoms with Gasteiger partial charge in [-0.1, -0.05) is 12.1 Å². The van der Waals surface area contributed by atoms with E-state index in [9.17, 15) is 9.59 Å². The van der Waals surface area contributed by atoms with Crippen molar-refractivity contribution in [3.05, 3.63) is 47.9 Å². The molecule has 0 spiro atoms. The number of nitrogens with zero attached hydrogens (tertiary/aromatic N) is 2. The molecule has 0 aliphatic carbocycles. The molecule has 1 heterocycles. The quantitative estimate of drug-likeness (QED) is 0.570. The molecule has 7 nitrogen and oxygen atoms in total. The van der Waals surface area contributed by atoms with Gasteiger partial charge in [0, 0.05) is 37.6 Å². The Morgan fingerprint density at radius 1 is 1.21 bits per heavy atom. The van der Waals surface area contributed by atoms with Crippen molar-refractivity contribution in [1.82, 2.24) is 15.3 Å². The average Bonchev–Trinajstić information content (AvgIpc) is 2.59. The van der Waals surface area contributed by atoms with Crippen molar-refractivity contribution >= 4 is 23.2 Å². The molecule has 2 rings (SSSR count). The van der Waals surface area contributed by atoms with Gasteiger partial charge in [0.05, 0.1) is 0 Å². The van der Waals surface area contributed by atoms with Crippen LogP contribution in [0.1, 0.15) is 34.2 Å². The Hall–Kier alpha value is -2.80. The molecule has 0 radical (unpaired) electrons. The maximum absolute atomic E-state index is 12.0. The first-order valence-corrected chi connectivity index (χ1v) is 7.57. The van der Waals surface area contributed by atoms with Gasteiger partial charge < -0.3 is 15.4 Å². The highest BCUT2D eigenvalue weighted by molar-refractivity contribution is 5.95. The van der Waals surface area contributed by atoms with Crippen molar-refractivity contribution in [1.29, 1.82) is 0 Å². The molecule has 0 fully saturated rings. The molecule has 0 aliphatic heterocycles. The Balaban J connectivity index is 2.03. The molecule has 1 amide bonds. The van der Waals surface area contributed by atoms with Gasteiger partial charge in [0.25, 0.3) is 5.91 Å². The van der Waals surface area contributed by atoms with Crippen LogP contribution in [0, 0.1) is 0 Å². The fourth-order valence-electron chi connectivity index (χ4n) is 2.02. The van der Waals surface area contributed by atoms with E-state index in [2.05, 4.69) is 20.6 Å². The monoisotopic (exact) mass is 328 g/mol. The predicted octanol–water partition coefficient (Wildman–Crippen LogP) is 2.19. The molecule has 1 aromatic heterocycles. The largest absolute Gasteiger partial charge is 0.385 e. The molecule has 2 N–H and O–H groups in total. The van der Waals surface area contributed by atoms with E-state index in [1.165, 1.54) is 13.3 Å². The summed E-state index contributed by atoms with van der Waals surface area (Å²) in [6, 6.07) is 8.64. The summed E-state index contributed by atoms with van der Waals surface area (Å²) in [6.07, 6.45) is 2.05. The molecule has 0 saturated carbocycles. The van der Waals surface area contributed by atoms with E-state index in [1.807, 2.05) is 6.07 Å². The SMILES string of the molecule is COCCCNC(=O)c1cc(Nc2cccc(C(C)=O)c2)ncn1. The van der Waals surface area contributed by atoms with Crippen molar-refractivity contribution in [3.8, 4) is 0 Å². The molecule has 2 aromatic rings. The third-order valence-electron chi connectivity index (χ3n) is 3.25. The second-order valence-corrected chi connectivity index (χ2v) is 5.15. The molecular formula is C17H20N4O3. The third-order valence-corrected chi connectivity index (χ3v) is 3.25. The Kier molecular flexibility index (Phi) is 6.39. The molecule has 1 aromatic carbocycles. The first-order chi connectivity index (χ1) is 11.6. The van der Waals surface area contributed by atoms with Gasteiger partial charge in [-0.25, -0.2) is 9.97 Å². The standard InChI is InChI=1S/C17H20N4O3/c1-12(22)13-5-3-6-14(9-13)21-16-10-15(19-11-20-16)17(23)18-7-4-8-24-2/h3,5-6,9-11H,4,7-8H2,1-2H3,(H,18,23)(H,19,20,21). The molecule has 24 heavy (non-hydrogen) atoms. The van der Waals surface area contributed by atoms with Gasteiger partial charge >= 0.3 is 0 Å². The fraction of sp³-hybridized carbons (Fsp3) is 0.294. The van der Waals surface area contributed by atoms with E-state index in [1.54, 1.807) is 31.4 Å². The van der Waals surface area contributed by atoms with E-state index in [-0.39, 0.29) is 17.4 Å². The van der Waals surface area contributed by atoms with Gasteiger partial charge in [-0.2, -0.15) is 0 Å². The van der Waals surface area contributed by atoms with Crippen LogP contribution in [0.3, 0.4) is 0 Å². The highest BCUT2D eigenvalue weighted by Gasteiger charge is 2.09. The van der Waals surface area contributed by atoms with Gasteiger partial charge in [-0.05, 0) is 25.5 Å². The van der Waals surface area contributed by atoms with E-state index in [0.29, 0.717) is 30.2 Å². The number of hydrogen-bond acceptors (Lipinski definition) is 6. The molecule has 0 unspecified atom stereocenters. The van der Waals surface area contributed by atoms with Crippen LogP contribution in [0.5, 0.6) is 0 Å². The van der Waals surface area contributed by atoms with Crippen molar-refractivity contribution in [3.63, 3.8) is 0 Å². The van der Waals surface area contributed by atoms with Crippen LogP contribution >= 0.6 is 0 Å². The van der Waals surface area contributed by atoms with E-state index >= 15 is 0 Å².